The Kier molecular flexibility index (Phi) is 5.69. The monoisotopic (exact) mass is 430 g/mol. The highest BCUT2D eigenvalue weighted by Gasteiger charge is 2.32. The summed E-state index contributed by atoms with van der Waals surface area (Å²) in [7, 11) is 1.34. The van der Waals surface area contributed by atoms with Crippen LogP contribution in [0.2, 0.25) is 5.02 Å². The first-order valence-corrected chi connectivity index (χ1v) is 10.00. The molecule has 0 radical (unpaired) electrons. The third-order valence-electron chi connectivity index (χ3n) is 4.86. The normalized spacial score (nSPS) is 14.7. The highest BCUT2D eigenvalue weighted by molar-refractivity contribution is 6.34. The molecule has 1 aliphatic rings. The second-order valence-corrected chi connectivity index (χ2v) is 7.50. The Labute approximate surface area is 185 Å². The van der Waals surface area contributed by atoms with E-state index in [9.17, 15) is 9.59 Å². The molecule has 0 atom stereocenters. The Morgan fingerprint density at radius 3 is 2.39 bits per heavy atom. The van der Waals surface area contributed by atoms with Crippen molar-refractivity contribution in [2.45, 2.75) is 6.92 Å². The number of aliphatic imine (C=N–C) groups is 1. The van der Waals surface area contributed by atoms with Gasteiger partial charge >= 0.3 is 5.97 Å². The van der Waals surface area contributed by atoms with E-state index in [-0.39, 0.29) is 5.91 Å². The molecule has 3 aromatic rings. The van der Waals surface area contributed by atoms with Crippen molar-refractivity contribution in [2.24, 2.45) is 4.99 Å². The molecule has 154 valence electrons. The Balaban J connectivity index is 1.76. The summed E-state index contributed by atoms with van der Waals surface area (Å²) in [5.74, 6) is -0.103. The van der Waals surface area contributed by atoms with Gasteiger partial charge in [-0.2, -0.15) is 0 Å². The molecule has 0 spiro atoms. The maximum atomic E-state index is 13.3. The van der Waals surface area contributed by atoms with Crippen molar-refractivity contribution in [3.63, 3.8) is 0 Å². The fourth-order valence-electron chi connectivity index (χ4n) is 3.32. The van der Waals surface area contributed by atoms with E-state index in [0.29, 0.717) is 27.8 Å². The van der Waals surface area contributed by atoms with Crippen LogP contribution in [0.3, 0.4) is 0 Å². The van der Waals surface area contributed by atoms with Gasteiger partial charge in [-0.1, -0.05) is 47.5 Å². The standard InChI is InChI=1S/C25H19ClN2O3/c1-16-4-3-5-19(14-16)23-27-22(15-17-6-8-18(9-7-17)25(30)31-2)24(29)28(23)21-12-10-20(26)11-13-21/h3-15H,1-2H3/b22-15+. The lowest BCUT2D eigenvalue weighted by molar-refractivity contribution is -0.113. The molecule has 0 fully saturated rings. The molecule has 0 saturated heterocycles. The zero-order chi connectivity index (χ0) is 22.0. The predicted molar refractivity (Wildman–Crippen MR) is 122 cm³/mol. The Morgan fingerprint density at radius 2 is 1.74 bits per heavy atom. The number of rotatable bonds is 4. The maximum absolute atomic E-state index is 13.3. The topological polar surface area (TPSA) is 59.0 Å². The number of methoxy groups -OCH3 is 1. The second-order valence-electron chi connectivity index (χ2n) is 7.07. The number of anilines is 1. The number of aryl methyl sites for hydroxylation is 1. The first-order valence-electron chi connectivity index (χ1n) is 9.62. The number of carbonyl (C=O) groups excluding carboxylic acids is 2. The van der Waals surface area contributed by atoms with Crippen molar-refractivity contribution >= 4 is 41.1 Å². The zero-order valence-electron chi connectivity index (χ0n) is 17.0. The molecule has 5 nitrogen and oxygen atoms in total. The molecule has 0 aromatic heterocycles. The summed E-state index contributed by atoms with van der Waals surface area (Å²) < 4.78 is 4.72. The van der Waals surface area contributed by atoms with E-state index in [4.69, 9.17) is 16.3 Å². The van der Waals surface area contributed by atoms with Gasteiger partial charge in [0.05, 0.1) is 18.4 Å². The third kappa shape index (κ3) is 4.27. The molecule has 0 bridgehead atoms. The van der Waals surface area contributed by atoms with Crippen LogP contribution >= 0.6 is 11.6 Å². The molecule has 0 aliphatic carbocycles. The Morgan fingerprint density at radius 1 is 1.03 bits per heavy atom. The van der Waals surface area contributed by atoms with Gasteiger partial charge in [0, 0.05) is 10.6 Å². The number of nitrogens with zero attached hydrogens (tertiary/aromatic N) is 2. The molecule has 0 saturated carbocycles. The summed E-state index contributed by atoms with van der Waals surface area (Å²) in [5.41, 5.74) is 4.08. The lowest BCUT2D eigenvalue weighted by atomic mass is 10.1. The molecule has 4 rings (SSSR count). The SMILES string of the molecule is COC(=O)c1ccc(/C=C2/N=C(c3cccc(C)c3)N(c3ccc(Cl)cc3)C2=O)cc1. The minimum atomic E-state index is -0.412. The minimum absolute atomic E-state index is 0.240. The lowest BCUT2D eigenvalue weighted by Crippen LogP contribution is -2.32. The number of amidine groups is 1. The first kappa shape index (κ1) is 20.6. The lowest BCUT2D eigenvalue weighted by Gasteiger charge is -2.18. The van der Waals surface area contributed by atoms with Crippen LogP contribution in [0, 0.1) is 6.92 Å². The van der Waals surface area contributed by atoms with Gasteiger partial charge in [-0.15, -0.1) is 0 Å². The average molecular weight is 431 g/mol. The van der Waals surface area contributed by atoms with Crippen LogP contribution in [0.1, 0.15) is 27.0 Å². The van der Waals surface area contributed by atoms with Crippen LogP contribution in [0.5, 0.6) is 0 Å². The molecular formula is C25H19ClN2O3. The van der Waals surface area contributed by atoms with Crippen LogP contribution in [0.4, 0.5) is 5.69 Å². The number of hydrogen-bond donors (Lipinski definition) is 0. The summed E-state index contributed by atoms with van der Waals surface area (Å²) in [5, 5.41) is 0.589. The smallest absolute Gasteiger partial charge is 0.337 e. The Bertz CT molecular complexity index is 1210. The fourth-order valence-corrected chi connectivity index (χ4v) is 3.44. The van der Waals surface area contributed by atoms with Gasteiger partial charge in [0.25, 0.3) is 5.91 Å². The van der Waals surface area contributed by atoms with Crippen molar-refractivity contribution in [3.8, 4) is 0 Å². The van der Waals surface area contributed by atoms with E-state index >= 15 is 0 Å². The van der Waals surface area contributed by atoms with Crippen molar-refractivity contribution in [3.05, 3.63) is 106 Å². The van der Waals surface area contributed by atoms with E-state index in [2.05, 4.69) is 4.99 Å². The van der Waals surface area contributed by atoms with Gasteiger partial charge in [0.2, 0.25) is 0 Å². The number of halogens is 1. The van der Waals surface area contributed by atoms with Crippen LogP contribution in [-0.4, -0.2) is 24.8 Å². The molecule has 1 heterocycles. The van der Waals surface area contributed by atoms with Gasteiger partial charge in [-0.25, -0.2) is 9.79 Å². The summed E-state index contributed by atoms with van der Waals surface area (Å²) in [6.07, 6.45) is 1.70. The van der Waals surface area contributed by atoms with Crippen molar-refractivity contribution < 1.29 is 14.3 Å². The van der Waals surface area contributed by atoms with Gasteiger partial charge in [0.1, 0.15) is 11.5 Å². The molecule has 6 heteroatoms. The molecular weight excluding hydrogens is 412 g/mol. The van der Waals surface area contributed by atoms with Gasteiger partial charge in [-0.05, 0) is 61.0 Å². The molecule has 31 heavy (non-hydrogen) atoms. The number of ether oxygens (including phenoxy) is 1. The fraction of sp³-hybridized carbons (Fsp3) is 0.0800. The second kappa shape index (κ2) is 8.58. The van der Waals surface area contributed by atoms with E-state index in [0.717, 1.165) is 16.7 Å². The molecule has 0 unspecified atom stereocenters. The van der Waals surface area contributed by atoms with Gasteiger partial charge in [-0.3, -0.25) is 9.69 Å². The minimum Gasteiger partial charge on any atom is -0.465 e. The van der Waals surface area contributed by atoms with Crippen molar-refractivity contribution in [2.75, 3.05) is 12.0 Å². The van der Waals surface area contributed by atoms with Crippen LogP contribution in [-0.2, 0) is 9.53 Å². The summed E-state index contributed by atoms with van der Waals surface area (Å²) in [4.78, 5) is 31.2. The third-order valence-corrected chi connectivity index (χ3v) is 5.11. The number of esters is 1. The summed E-state index contributed by atoms with van der Waals surface area (Å²) in [6.45, 7) is 1.99. The molecule has 3 aromatic carbocycles. The van der Waals surface area contributed by atoms with Crippen LogP contribution in [0.25, 0.3) is 6.08 Å². The number of carbonyl (C=O) groups is 2. The largest absolute Gasteiger partial charge is 0.465 e. The van der Waals surface area contributed by atoms with E-state index in [1.807, 2.05) is 31.2 Å². The van der Waals surface area contributed by atoms with E-state index < -0.39 is 5.97 Å². The first-order chi connectivity index (χ1) is 15.0. The number of amides is 1. The molecule has 1 amide bonds. The predicted octanol–water partition coefficient (Wildman–Crippen LogP) is 5.27. The number of hydrogen-bond acceptors (Lipinski definition) is 4. The Hall–Kier alpha value is -3.70. The van der Waals surface area contributed by atoms with Gasteiger partial charge < -0.3 is 4.74 Å². The van der Waals surface area contributed by atoms with E-state index in [1.54, 1.807) is 59.5 Å². The highest BCUT2D eigenvalue weighted by Crippen LogP contribution is 2.29. The van der Waals surface area contributed by atoms with E-state index in [1.165, 1.54) is 7.11 Å². The van der Waals surface area contributed by atoms with Crippen molar-refractivity contribution in [1.29, 1.82) is 0 Å². The molecule has 1 aliphatic heterocycles. The molecule has 0 N–H and O–H groups in total. The summed E-state index contributed by atoms with van der Waals surface area (Å²) in [6, 6.07) is 21.7. The average Bonchev–Trinajstić information content (AvgIpc) is 3.10. The summed E-state index contributed by atoms with van der Waals surface area (Å²) >= 11 is 6.03. The van der Waals surface area contributed by atoms with Crippen LogP contribution < -0.4 is 4.90 Å². The van der Waals surface area contributed by atoms with Crippen LogP contribution in [0.15, 0.2) is 83.5 Å². The zero-order valence-corrected chi connectivity index (χ0v) is 17.8. The number of benzene rings is 3. The highest BCUT2D eigenvalue weighted by atomic mass is 35.5. The van der Waals surface area contributed by atoms with Gasteiger partial charge in [0.15, 0.2) is 0 Å². The maximum Gasteiger partial charge on any atom is 0.337 e. The van der Waals surface area contributed by atoms with Crippen molar-refractivity contribution in [1.82, 2.24) is 0 Å². The quantitative estimate of drug-likeness (QED) is 0.418.